The standard InChI is InChI=1S/C13H15FN2O2/c1-2-3-4-12(13(17)18)16-11-6-5-9(8-15)7-10(11)14/h5-7,12,16H,2-4H2,1H3,(H,17,18). The summed E-state index contributed by atoms with van der Waals surface area (Å²) in [5.41, 5.74) is 0.316. The van der Waals surface area contributed by atoms with Gasteiger partial charge in [0.25, 0.3) is 0 Å². The number of halogens is 1. The maximum Gasteiger partial charge on any atom is 0.326 e. The van der Waals surface area contributed by atoms with E-state index in [9.17, 15) is 9.18 Å². The van der Waals surface area contributed by atoms with Gasteiger partial charge in [-0.2, -0.15) is 5.26 Å². The van der Waals surface area contributed by atoms with Crippen LogP contribution in [-0.2, 0) is 4.79 Å². The minimum atomic E-state index is -1.01. The molecule has 1 aromatic rings. The Kier molecular flexibility index (Phi) is 5.12. The lowest BCUT2D eigenvalue weighted by molar-refractivity contribution is -0.138. The van der Waals surface area contributed by atoms with Crippen molar-refractivity contribution >= 4 is 11.7 Å². The molecule has 0 aromatic heterocycles. The summed E-state index contributed by atoms with van der Waals surface area (Å²) in [4.78, 5) is 11.0. The van der Waals surface area contributed by atoms with Crippen LogP contribution in [0.4, 0.5) is 10.1 Å². The van der Waals surface area contributed by atoms with Crippen molar-refractivity contribution in [2.45, 2.75) is 32.2 Å². The number of nitrogens with zero attached hydrogens (tertiary/aromatic N) is 1. The van der Waals surface area contributed by atoms with Crippen LogP contribution in [0.25, 0.3) is 0 Å². The zero-order valence-corrected chi connectivity index (χ0v) is 10.1. The van der Waals surface area contributed by atoms with Crippen LogP contribution in [0.5, 0.6) is 0 Å². The summed E-state index contributed by atoms with van der Waals surface area (Å²) in [6.45, 7) is 1.96. The van der Waals surface area contributed by atoms with Gasteiger partial charge < -0.3 is 10.4 Å². The number of rotatable bonds is 6. The van der Waals surface area contributed by atoms with Crippen LogP contribution in [0.1, 0.15) is 31.7 Å². The van der Waals surface area contributed by atoms with E-state index in [-0.39, 0.29) is 11.3 Å². The van der Waals surface area contributed by atoms with E-state index in [1.807, 2.05) is 13.0 Å². The third kappa shape index (κ3) is 3.74. The Balaban J connectivity index is 2.81. The number of aliphatic carboxylic acids is 1. The van der Waals surface area contributed by atoms with E-state index >= 15 is 0 Å². The van der Waals surface area contributed by atoms with Crippen molar-refractivity contribution < 1.29 is 14.3 Å². The van der Waals surface area contributed by atoms with E-state index in [0.717, 1.165) is 18.9 Å². The molecule has 1 aromatic carbocycles. The summed E-state index contributed by atoms with van der Waals surface area (Å²) < 4.78 is 13.6. The average Bonchev–Trinajstić information content (AvgIpc) is 2.35. The normalized spacial score (nSPS) is 11.6. The number of nitriles is 1. The Hall–Kier alpha value is -2.09. The SMILES string of the molecule is CCCCC(Nc1ccc(C#N)cc1F)C(=O)O. The Labute approximate surface area is 105 Å². The molecule has 0 aliphatic rings. The Bertz CT molecular complexity index is 469. The van der Waals surface area contributed by atoms with Gasteiger partial charge in [-0.05, 0) is 24.6 Å². The molecule has 1 rings (SSSR count). The number of carboxylic acids is 1. The number of benzene rings is 1. The topological polar surface area (TPSA) is 73.1 Å². The monoisotopic (exact) mass is 250 g/mol. The lowest BCUT2D eigenvalue weighted by atomic mass is 10.1. The molecule has 18 heavy (non-hydrogen) atoms. The van der Waals surface area contributed by atoms with E-state index in [0.29, 0.717) is 6.42 Å². The van der Waals surface area contributed by atoms with E-state index in [4.69, 9.17) is 10.4 Å². The third-order valence-corrected chi connectivity index (χ3v) is 2.57. The first-order valence-electron chi connectivity index (χ1n) is 5.77. The molecule has 0 heterocycles. The fourth-order valence-corrected chi connectivity index (χ4v) is 1.56. The van der Waals surface area contributed by atoms with Crippen molar-refractivity contribution in [1.82, 2.24) is 0 Å². The second-order valence-electron chi connectivity index (χ2n) is 3.98. The molecule has 0 aliphatic carbocycles. The molecular formula is C13H15FN2O2. The van der Waals surface area contributed by atoms with Gasteiger partial charge in [0.05, 0.1) is 17.3 Å². The highest BCUT2D eigenvalue weighted by Crippen LogP contribution is 2.18. The summed E-state index contributed by atoms with van der Waals surface area (Å²) in [7, 11) is 0. The molecule has 5 heteroatoms. The van der Waals surface area contributed by atoms with Gasteiger partial charge in [0.15, 0.2) is 0 Å². The fraction of sp³-hybridized carbons (Fsp3) is 0.385. The molecule has 0 amide bonds. The van der Waals surface area contributed by atoms with Crippen molar-refractivity contribution in [1.29, 1.82) is 5.26 Å². The van der Waals surface area contributed by atoms with Gasteiger partial charge in [-0.3, -0.25) is 0 Å². The van der Waals surface area contributed by atoms with Crippen molar-refractivity contribution in [3.8, 4) is 6.07 Å². The molecule has 1 atom stereocenters. The Morgan fingerprint density at radius 2 is 2.33 bits per heavy atom. The molecule has 2 N–H and O–H groups in total. The number of carbonyl (C=O) groups is 1. The maximum absolute atomic E-state index is 13.6. The van der Waals surface area contributed by atoms with Gasteiger partial charge >= 0.3 is 5.97 Å². The molecule has 96 valence electrons. The number of anilines is 1. The molecule has 4 nitrogen and oxygen atoms in total. The highest BCUT2D eigenvalue weighted by Gasteiger charge is 2.17. The summed E-state index contributed by atoms with van der Waals surface area (Å²) in [5, 5.41) is 20.3. The zero-order valence-electron chi connectivity index (χ0n) is 10.1. The predicted octanol–water partition coefficient (Wildman–Crippen LogP) is 2.75. The van der Waals surface area contributed by atoms with Crippen LogP contribution in [0.15, 0.2) is 18.2 Å². The predicted molar refractivity (Wildman–Crippen MR) is 65.7 cm³/mol. The first-order valence-corrected chi connectivity index (χ1v) is 5.77. The van der Waals surface area contributed by atoms with Crippen LogP contribution >= 0.6 is 0 Å². The summed E-state index contributed by atoms with van der Waals surface area (Å²) >= 11 is 0. The highest BCUT2D eigenvalue weighted by molar-refractivity contribution is 5.77. The van der Waals surface area contributed by atoms with E-state index < -0.39 is 17.8 Å². The van der Waals surface area contributed by atoms with Gasteiger partial charge in [0.1, 0.15) is 11.9 Å². The smallest absolute Gasteiger partial charge is 0.326 e. The first-order chi connectivity index (χ1) is 8.58. The van der Waals surface area contributed by atoms with Crippen LogP contribution in [-0.4, -0.2) is 17.1 Å². The first kappa shape index (κ1) is 14.0. The average molecular weight is 250 g/mol. The fourth-order valence-electron chi connectivity index (χ4n) is 1.56. The molecule has 0 fully saturated rings. The van der Waals surface area contributed by atoms with Crippen LogP contribution in [0.3, 0.4) is 0 Å². The summed E-state index contributed by atoms with van der Waals surface area (Å²) in [5.74, 6) is -1.62. The third-order valence-electron chi connectivity index (χ3n) is 2.57. The molecule has 0 saturated carbocycles. The Morgan fingerprint density at radius 1 is 1.61 bits per heavy atom. The van der Waals surface area contributed by atoms with Crippen molar-refractivity contribution in [2.75, 3.05) is 5.32 Å². The highest BCUT2D eigenvalue weighted by atomic mass is 19.1. The number of hydrogen-bond donors (Lipinski definition) is 2. The van der Waals surface area contributed by atoms with Gasteiger partial charge in [0.2, 0.25) is 0 Å². The minimum Gasteiger partial charge on any atom is -0.480 e. The largest absolute Gasteiger partial charge is 0.480 e. The molecule has 0 spiro atoms. The number of hydrogen-bond acceptors (Lipinski definition) is 3. The quantitative estimate of drug-likeness (QED) is 0.814. The van der Waals surface area contributed by atoms with Crippen molar-refractivity contribution in [3.63, 3.8) is 0 Å². The molecule has 0 saturated heterocycles. The number of nitrogens with one attached hydrogen (secondary N) is 1. The molecule has 0 radical (unpaired) electrons. The van der Waals surface area contributed by atoms with Crippen LogP contribution in [0, 0.1) is 17.1 Å². The number of unbranched alkanes of at least 4 members (excludes halogenated alkanes) is 1. The summed E-state index contributed by atoms with van der Waals surface area (Å²) in [6.07, 6.45) is 2.06. The second kappa shape index (κ2) is 6.60. The van der Waals surface area contributed by atoms with Crippen LogP contribution in [0.2, 0.25) is 0 Å². The van der Waals surface area contributed by atoms with E-state index in [2.05, 4.69) is 5.32 Å². The molecule has 1 unspecified atom stereocenters. The van der Waals surface area contributed by atoms with Crippen LogP contribution < -0.4 is 5.32 Å². The minimum absolute atomic E-state index is 0.109. The van der Waals surface area contributed by atoms with Crippen molar-refractivity contribution in [2.24, 2.45) is 0 Å². The summed E-state index contributed by atoms with van der Waals surface area (Å²) in [6, 6.07) is 4.93. The molecule has 0 aliphatic heterocycles. The van der Waals surface area contributed by atoms with Gasteiger partial charge in [0, 0.05) is 0 Å². The lowest BCUT2D eigenvalue weighted by Gasteiger charge is -2.15. The number of carboxylic acid groups (broad SMARTS) is 1. The van der Waals surface area contributed by atoms with E-state index in [1.165, 1.54) is 12.1 Å². The zero-order chi connectivity index (χ0) is 13.5. The Morgan fingerprint density at radius 3 is 2.83 bits per heavy atom. The van der Waals surface area contributed by atoms with Gasteiger partial charge in [-0.15, -0.1) is 0 Å². The lowest BCUT2D eigenvalue weighted by Crippen LogP contribution is -2.29. The van der Waals surface area contributed by atoms with Crippen molar-refractivity contribution in [3.05, 3.63) is 29.6 Å². The van der Waals surface area contributed by atoms with Gasteiger partial charge in [-0.25, -0.2) is 9.18 Å². The van der Waals surface area contributed by atoms with Gasteiger partial charge in [-0.1, -0.05) is 19.8 Å². The second-order valence-corrected chi connectivity index (χ2v) is 3.98. The maximum atomic E-state index is 13.6. The molecule has 0 bridgehead atoms. The molecular weight excluding hydrogens is 235 g/mol. The van der Waals surface area contributed by atoms with E-state index in [1.54, 1.807) is 0 Å².